The lowest BCUT2D eigenvalue weighted by Gasteiger charge is -2.34. The summed E-state index contributed by atoms with van der Waals surface area (Å²) in [7, 11) is 0. The molecule has 1 aromatic heterocycles. The average molecular weight is 690 g/mol. The van der Waals surface area contributed by atoms with E-state index in [1.54, 1.807) is 53.7 Å². The van der Waals surface area contributed by atoms with Gasteiger partial charge in [-0.05, 0) is 103 Å². The molecule has 266 valence electrons. The zero-order valence-electron chi connectivity index (χ0n) is 28.5. The molecule has 0 radical (unpaired) electrons. The number of aryl methyl sites for hydroxylation is 1. The number of hydrogen-bond acceptors (Lipinski definition) is 10. The molecule has 2 aromatic carbocycles. The molecule has 1 aliphatic rings. The molecule has 3 aromatic rings. The molecule has 4 rings (SSSR count). The molecule has 0 saturated carbocycles. The largest absolute Gasteiger partial charge is 0.493 e. The van der Waals surface area contributed by atoms with Crippen molar-refractivity contribution < 1.29 is 46.5 Å². The number of fused-ring (bicyclic) bond motifs is 1. The van der Waals surface area contributed by atoms with Gasteiger partial charge in [0.05, 0.1) is 24.2 Å². The van der Waals surface area contributed by atoms with E-state index in [0.717, 1.165) is 36.3 Å². The van der Waals surface area contributed by atoms with Crippen molar-refractivity contribution in [1.82, 2.24) is 15.0 Å². The summed E-state index contributed by atoms with van der Waals surface area (Å²) in [6.45, 7) is 10.8. The van der Waals surface area contributed by atoms with Gasteiger partial charge in [0.2, 0.25) is 0 Å². The van der Waals surface area contributed by atoms with Crippen LogP contribution in [0.15, 0.2) is 47.3 Å². The summed E-state index contributed by atoms with van der Waals surface area (Å²) in [6, 6.07) is 8.73. The fourth-order valence-corrected chi connectivity index (χ4v) is 5.23. The Labute approximate surface area is 282 Å². The number of carbonyl (C=O) groups excluding carboxylic acids is 3. The van der Waals surface area contributed by atoms with E-state index in [9.17, 15) is 32.3 Å². The molecule has 49 heavy (non-hydrogen) atoms. The van der Waals surface area contributed by atoms with Crippen molar-refractivity contribution in [1.29, 1.82) is 0 Å². The lowest BCUT2D eigenvalue weighted by atomic mass is 9.78. The summed E-state index contributed by atoms with van der Waals surface area (Å²) in [5.74, 6) is -1.96. The highest BCUT2D eigenvalue weighted by Crippen LogP contribution is 2.36. The number of carbonyl (C=O) groups is 3. The van der Waals surface area contributed by atoms with E-state index in [1.807, 2.05) is 0 Å². The Morgan fingerprint density at radius 2 is 1.57 bits per heavy atom. The molecule has 1 atom stereocenters. The number of rotatable bonds is 11. The number of esters is 2. The van der Waals surface area contributed by atoms with Gasteiger partial charge in [0.25, 0.3) is 5.56 Å². The smallest absolute Gasteiger partial charge is 0.416 e. The number of halogens is 3. The lowest BCUT2D eigenvalue weighted by molar-refractivity contribution is -0.186. The van der Waals surface area contributed by atoms with Crippen LogP contribution in [0.4, 0.5) is 13.2 Å². The van der Waals surface area contributed by atoms with Gasteiger partial charge < -0.3 is 18.9 Å². The van der Waals surface area contributed by atoms with Gasteiger partial charge in [0, 0.05) is 31.1 Å². The third-order valence-electron chi connectivity index (χ3n) is 7.76. The van der Waals surface area contributed by atoms with Crippen LogP contribution in [0.1, 0.15) is 83.1 Å². The molecule has 1 saturated heterocycles. The molecule has 0 spiro atoms. The third-order valence-corrected chi connectivity index (χ3v) is 7.76. The number of ketones is 1. The second kappa shape index (κ2) is 14.7. The molecule has 0 bridgehead atoms. The lowest BCUT2D eigenvalue weighted by Crippen LogP contribution is -2.49. The highest BCUT2D eigenvalue weighted by atomic mass is 19.4. The van der Waals surface area contributed by atoms with Crippen LogP contribution < -0.4 is 10.3 Å². The topological polar surface area (TPSA) is 136 Å². The van der Waals surface area contributed by atoms with Crippen molar-refractivity contribution in [2.24, 2.45) is 11.3 Å². The summed E-state index contributed by atoms with van der Waals surface area (Å²) >= 11 is 0. The highest BCUT2D eigenvalue weighted by Gasteiger charge is 2.52. The second-order valence-electron chi connectivity index (χ2n) is 14.2. The maximum Gasteiger partial charge on any atom is 0.416 e. The van der Waals surface area contributed by atoms with Crippen molar-refractivity contribution in [2.45, 2.75) is 91.1 Å². The van der Waals surface area contributed by atoms with Crippen LogP contribution in [0.3, 0.4) is 0 Å². The van der Waals surface area contributed by atoms with Gasteiger partial charge in [-0.1, -0.05) is 5.21 Å². The molecule has 1 fully saturated rings. The first-order valence-electron chi connectivity index (χ1n) is 16.0. The van der Waals surface area contributed by atoms with Crippen molar-refractivity contribution in [3.63, 3.8) is 0 Å². The van der Waals surface area contributed by atoms with Gasteiger partial charge in [-0.2, -0.15) is 13.2 Å². The van der Waals surface area contributed by atoms with E-state index in [1.165, 1.54) is 12.1 Å². The van der Waals surface area contributed by atoms with Gasteiger partial charge in [-0.25, -0.2) is 4.68 Å². The molecular formula is C35H42F3N3O8. The molecule has 0 aliphatic carbocycles. The average Bonchev–Trinajstić information content (AvgIpc) is 3.01. The van der Waals surface area contributed by atoms with Crippen molar-refractivity contribution in [2.75, 3.05) is 19.8 Å². The molecule has 0 N–H and O–H groups in total. The zero-order valence-corrected chi connectivity index (χ0v) is 28.5. The number of ether oxygens (including phenoxy) is 4. The maximum absolute atomic E-state index is 14.0. The van der Waals surface area contributed by atoms with E-state index >= 15 is 0 Å². The quantitative estimate of drug-likeness (QED) is 0.135. The Morgan fingerprint density at radius 3 is 2.12 bits per heavy atom. The fourth-order valence-electron chi connectivity index (χ4n) is 5.23. The molecular weight excluding hydrogens is 647 g/mol. The number of benzene rings is 2. The Bertz CT molecular complexity index is 1690. The van der Waals surface area contributed by atoms with Crippen LogP contribution in [-0.4, -0.2) is 63.7 Å². The Morgan fingerprint density at radius 1 is 0.939 bits per heavy atom. The van der Waals surface area contributed by atoms with Gasteiger partial charge in [0.15, 0.2) is 11.2 Å². The Hall–Kier alpha value is -4.33. The highest BCUT2D eigenvalue weighted by molar-refractivity contribution is 6.07. The number of Topliss-reactive ketones (excluding diaryl/α,β-unsaturated/α-hetero) is 1. The van der Waals surface area contributed by atoms with Crippen LogP contribution in [0.25, 0.3) is 10.9 Å². The van der Waals surface area contributed by atoms with Gasteiger partial charge in [0.1, 0.15) is 22.5 Å². The zero-order chi connectivity index (χ0) is 36.2. The van der Waals surface area contributed by atoms with Crippen LogP contribution in [0, 0.1) is 11.3 Å². The third kappa shape index (κ3) is 9.87. The number of hydrogen-bond donors (Lipinski definition) is 0. The van der Waals surface area contributed by atoms with Gasteiger partial charge in [-0.3, -0.25) is 19.2 Å². The monoisotopic (exact) mass is 689 g/mol. The second-order valence-corrected chi connectivity index (χ2v) is 14.2. The molecule has 2 heterocycles. The summed E-state index contributed by atoms with van der Waals surface area (Å²) in [5, 5.41) is 7.33. The van der Waals surface area contributed by atoms with E-state index in [0.29, 0.717) is 25.0 Å². The standard InChI is InChI=1S/C35H42F3N3O8/c1-32(2,3)48-30(44)34(31(45)49-33(4,5)6,15-16-41-29(43)26-18-24(35(36,37)38)11-14-27(26)39-40-41)19-28(42)23-9-12-25(13-10-23)47-21-22-8-7-17-46-20-22/h9-14,18,22H,7-8,15-17,19-21H2,1-6H3. The van der Waals surface area contributed by atoms with E-state index < -0.39 is 71.0 Å². The van der Waals surface area contributed by atoms with Crippen molar-refractivity contribution in [3.05, 3.63) is 63.9 Å². The van der Waals surface area contributed by atoms with E-state index in [-0.39, 0.29) is 22.4 Å². The minimum atomic E-state index is -4.72. The number of alkyl halides is 3. The molecule has 1 unspecified atom stereocenters. The van der Waals surface area contributed by atoms with Crippen LogP contribution in [0.2, 0.25) is 0 Å². The van der Waals surface area contributed by atoms with Gasteiger partial charge >= 0.3 is 18.1 Å². The van der Waals surface area contributed by atoms with Crippen LogP contribution in [0.5, 0.6) is 5.75 Å². The van der Waals surface area contributed by atoms with Gasteiger partial charge in [-0.15, -0.1) is 5.10 Å². The Kier molecular flexibility index (Phi) is 11.2. The summed E-state index contributed by atoms with van der Waals surface area (Å²) in [4.78, 5) is 55.1. The summed E-state index contributed by atoms with van der Waals surface area (Å²) in [6.07, 6.45) is -4.00. The van der Waals surface area contributed by atoms with E-state index in [4.69, 9.17) is 18.9 Å². The van der Waals surface area contributed by atoms with Crippen molar-refractivity contribution >= 4 is 28.6 Å². The minimum absolute atomic E-state index is 0.0746. The van der Waals surface area contributed by atoms with Crippen LogP contribution in [-0.2, 0) is 36.5 Å². The first-order valence-corrected chi connectivity index (χ1v) is 16.0. The van der Waals surface area contributed by atoms with Crippen LogP contribution >= 0.6 is 0 Å². The van der Waals surface area contributed by atoms with Crippen molar-refractivity contribution in [3.8, 4) is 5.75 Å². The summed E-state index contributed by atoms with van der Waals surface area (Å²) < 4.78 is 63.7. The predicted molar refractivity (Wildman–Crippen MR) is 172 cm³/mol. The number of aromatic nitrogens is 3. The van der Waals surface area contributed by atoms with E-state index in [2.05, 4.69) is 10.3 Å². The molecule has 11 nitrogen and oxygen atoms in total. The fraction of sp³-hybridized carbons (Fsp3) is 0.543. The minimum Gasteiger partial charge on any atom is -0.493 e. The predicted octanol–water partition coefficient (Wildman–Crippen LogP) is 5.95. The molecule has 0 amide bonds. The summed E-state index contributed by atoms with van der Waals surface area (Å²) in [5.41, 5.74) is -6.36. The SMILES string of the molecule is CC(C)(C)OC(=O)C(CCn1nnc2ccc(C(F)(F)F)cc2c1=O)(CC(=O)c1ccc(OCC2CCCOC2)cc1)C(=O)OC(C)(C)C. The molecule has 14 heteroatoms. The first kappa shape index (κ1) is 37.5. The normalized spacial score (nSPS) is 15.9. The molecule has 1 aliphatic heterocycles. The first-order chi connectivity index (χ1) is 22.8. The Balaban J connectivity index is 1.68. The number of nitrogens with zero attached hydrogens (tertiary/aromatic N) is 3. The maximum atomic E-state index is 14.0.